The zero-order chi connectivity index (χ0) is 10.8. The van der Waals surface area contributed by atoms with E-state index in [1.54, 1.807) is 11.8 Å². The first kappa shape index (κ1) is 10.7. The number of nitrogens with zero attached hydrogens (tertiary/aromatic N) is 2. The summed E-state index contributed by atoms with van der Waals surface area (Å²) in [7, 11) is 3.62. The highest BCUT2D eigenvalue weighted by atomic mass is 35.5. The van der Waals surface area contributed by atoms with Crippen molar-refractivity contribution < 1.29 is 4.74 Å². The Hall–Kier alpha value is -0.800. The molecule has 82 valence electrons. The maximum absolute atomic E-state index is 5.95. The predicted octanol–water partition coefficient (Wildman–Crippen LogP) is 2.66. The number of hydrogen-bond acceptors (Lipinski definition) is 2. The molecular formula is C11H15ClN2O. The molecular weight excluding hydrogens is 212 g/mol. The number of rotatable bonds is 2. The van der Waals surface area contributed by atoms with Crippen molar-refractivity contribution in [3.63, 3.8) is 0 Å². The average Bonchev–Trinajstić information content (AvgIpc) is 2.59. The van der Waals surface area contributed by atoms with E-state index in [0.717, 1.165) is 25.0 Å². The van der Waals surface area contributed by atoms with Crippen LogP contribution in [0.5, 0.6) is 0 Å². The van der Waals surface area contributed by atoms with Crippen molar-refractivity contribution in [1.82, 2.24) is 9.78 Å². The highest BCUT2D eigenvalue weighted by Gasteiger charge is 2.16. The highest BCUT2D eigenvalue weighted by Crippen LogP contribution is 2.28. The van der Waals surface area contributed by atoms with Crippen LogP contribution in [-0.4, -0.2) is 23.0 Å². The molecule has 0 amide bonds. The molecule has 0 fully saturated rings. The van der Waals surface area contributed by atoms with E-state index in [1.807, 2.05) is 13.1 Å². The van der Waals surface area contributed by atoms with E-state index in [0.29, 0.717) is 11.3 Å². The summed E-state index contributed by atoms with van der Waals surface area (Å²) in [5.74, 6) is 0. The quantitative estimate of drug-likeness (QED) is 0.775. The Morgan fingerprint density at radius 2 is 2.40 bits per heavy atom. The van der Waals surface area contributed by atoms with Crippen molar-refractivity contribution in [1.29, 1.82) is 0 Å². The molecule has 1 aromatic rings. The SMILES string of the molecule is COC1CC=C(c2cc(Cl)n(C)n2)CC1. The van der Waals surface area contributed by atoms with Gasteiger partial charge in [-0.05, 0) is 24.8 Å². The molecule has 0 saturated heterocycles. The lowest BCUT2D eigenvalue weighted by Crippen LogP contribution is -2.13. The van der Waals surface area contributed by atoms with Crippen LogP contribution in [0.25, 0.3) is 5.57 Å². The predicted molar refractivity (Wildman–Crippen MR) is 60.8 cm³/mol. The zero-order valence-electron chi connectivity index (χ0n) is 9.03. The average molecular weight is 227 g/mol. The largest absolute Gasteiger partial charge is 0.381 e. The van der Waals surface area contributed by atoms with Crippen LogP contribution in [0.1, 0.15) is 25.0 Å². The van der Waals surface area contributed by atoms with Crippen LogP contribution in [-0.2, 0) is 11.8 Å². The number of aromatic nitrogens is 2. The van der Waals surface area contributed by atoms with Gasteiger partial charge in [0.05, 0.1) is 11.8 Å². The Bertz CT molecular complexity index is 364. The van der Waals surface area contributed by atoms with Gasteiger partial charge in [-0.3, -0.25) is 4.68 Å². The molecule has 0 aliphatic heterocycles. The van der Waals surface area contributed by atoms with Gasteiger partial charge in [-0.15, -0.1) is 0 Å². The molecule has 1 aliphatic carbocycles. The first-order valence-electron chi connectivity index (χ1n) is 5.12. The normalized spacial score (nSPS) is 21.5. The van der Waals surface area contributed by atoms with E-state index < -0.39 is 0 Å². The third kappa shape index (κ3) is 2.24. The Labute approximate surface area is 94.7 Å². The molecule has 0 N–H and O–H groups in total. The molecule has 1 heterocycles. The van der Waals surface area contributed by atoms with Crippen molar-refractivity contribution in [3.05, 3.63) is 23.0 Å². The third-order valence-corrected chi connectivity index (χ3v) is 3.20. The molecule has 15 heavy (non-hydrogen) atoms. The Kier molecular flexibility index (Phi) is 3.12. The maximum Gasteiger partial charge on any atom is 0.127 e. The van der Waals surface area contributed by atoms with E-state index in [2.05, 4.69) is 11.2 Å². The van der Waals surface area contributed by atoms with Crippen LogP contribution in [0.4, 0.5) is 0 Å². The van der Waals surface area contributed by atoms with E-state index >= 15 is 0 Å². The van der Waals surface area contributed by atoms with Crippen LogP contribution in [0.3, 0.4) is 0 Å². The fourth-order valence-electron chi connectivity index (χ4n) is 1.86. The minimum Gasteiger partial charge on any atom is -0.381 e. The van der Waals surface area contributed by atoms with Crippen LogP contribution in [0.2, 0.25) is 5.15 Å². The van der Waals surface area contributed by atoms with Gasteiger partial charge in [-0.1, -0.05) is 17.7 Å². The summed E-state index contributed by atoms with van der Waals surface area (Å²) in [5.41, 5.74) is 2.28. The number of ether oxygens (including phenoxy) is 1. The molecule has 1 atom stereocenters. The third-order valence-electron chi connectivity index (χ3n) is 2.85. The van der Waals surface area contributed by atoms with Gasteiger partial charge in [0.2, 0.25) is 0 Å². The molecule has 2 rings (SSSR count). The first-order chi connectivity index (χ1) is 7.20. The van der Waals surface area contributed by atoms with Gasteiger partial charge >= 0.3 is 0 Å². The highest BCUT2D eigenvalue weighted by molar-refractivity contribution is 6.29. The molecule has 1 unspecified atom stereocenters. The summed E-state index contributed by atoms with van der Waals surface area (Å²) >= 11 is 5.95. The number of aryl methyl sites for hydroxylation is 1. The second-order valence-corrected chi connectivity index (χ2v) is 4.22. The lowest BCUT2D eigenvalue weighted by Gasteiger charge is -2.19. The Morgan fingerprint density at radius 1 is 1.60 bits per heavy atom. The number of allylic oxidation sites excluding steroid dienone is 1. The lowest BCUT2D eigenvalue weighted by atomic mass is 9.95. The molecule has 0 bridgehead atoms. The summed E-state index contributed by atoms with van der Waals surface area (Å²) in [6.07, 6.45) is 5.63. The number of methoxy groups -OCH3 is 1. The van der Waals surface area contributed by atoms with Crippen molar-refractivity contribution in [3.8, 4) is 0 Å². The smallest absolute Gasteiger partial charge is 0.127 e. The van der Waals surface area contributed by atoms with E-state index in [1.165, 1.54) is 5.57 Å². The van der Waals surface area contributed by atoms with Crippen LogP contribution in [0.15, 0.2) is 12.1 Å². The van der Waals surface area contributed by atoms with Gasteiger partial charge in [0.25, 0.3) is 0 Å². The maximum atomic E-state index is 5.95. The van der Waals surface area contributed by atoms with Crippen molar-refractivity contribution in [2.45, 2.75) is 25.4 Å². The fourth-order valence-corrected chi connectivity index (χ4v) is 2.00. The summed E-state index contributed by atoms with van der Waals surface area (Å²) in [4.78, 5) is 0. The van der Waals surface area contributed by atoms with Gasteiger partial charge in [-0.2, -0.15) is 5.10 Å². The summed E-state index contributed by atoms with van der Waals surface area (Å²) in [5, 5.41) is 5.04. The Balaban J connectivity index is 2.15. The molecule has 0 aromatic carbocycles. The molecule has 0 spiro atoms. The van der Waals surface area contributed by atoms with Crippen LogP contribution in [0, 0.1) is 0 Å². The monoisotopic (exact) mass is 226 g/mol. The lowest BCUT2D eigenvalue weighted by molar-refractivity contribution is 0.0964. The van der Waals surface area contributed by atoms with Crippen molar-refractivity contribution in [2.75, 3.05) is 7.11 Å². The van der Waals surface area contributed by atoms with E-state index in [-0.39, 0.29) is 0 Å². The van der Waals surface area contributed by atoms with E-state index in [4.69, 9.17) is 16.3 Å². The standard InChI is InChI=1S/C11H15ClN2O/c1-14-11(12)7-10(13-14)8-3-5-9(15-2)6-4-8/h3,7,9H,4-6H2,1-2H3. The second kappa shape index (κ2) is 4.37. The minimum absolute atomic E-state index is 0.368. The van der Waals surface area contributed by atoms with Crippen LogP contribution >= 0.6 is 11.6 Å². The van der Waals surface area contributed by atoms with Crippen molar-refractivity contribution in [2.24, 2.45) is 7.05 Å². The second-order valence-electron chi connectivity index (χ2n) is 3.84. The van der Waals surface area contributed by atoms with Gasteiger partial charge in [0, 0.05) is 20.2 Å². The number of halogens is 1. The van der Waals surface area contributed by atoms with Gasteiger partial charge in [0.1, 0.15) is 5.15 Å². The summed E-state index contributed by atoms with van der Waals surface area (Å²) < 4.78 is 7.00. The summed E-state index contributed by atoms with van der Waals surface area (Å²) in [6, 6.07) is 1.92. The summed E-state index contributed by atoms with van der Waals surface area (Å²) in [6.45, 7) is 0. The Morgan fingerprint density at radius 3 is 2.87 bits per heavy atom. The van der Waals surface area contributed by atoms with Gasteiger partial charge in [0.15, 0.2) is 0 Å². The van der Waals surface area contributed by atoms with Crippen molar-refractivity contribution >= 4 is 17.2 Å². The molecule has 3 nitrogen and oxygen atoms in total. The van der Waals surface area contributed by atoms with Gasteiger partial charge < -0.3 is 4.74 Å². The zero-order valence-corrected chi connectivity index (χ0v) is 9.79. The molecule has 1 aromatic heterocycles. The topological polar surface area (TPSA) is 27.1 Å². The minimum atomic E-state index is 0.368. The molecule has 4 heteroatoms. The molecule has 0 saturated carbocycles. The fraction of sp³-hybridized carbons (Fsp3) is 0.545. The van der Waals surface area contributed by atoms with Gasteiger partial charge in [-0.25, -0.2) is 0 Å². The first-order valence-corrected chi connectivity index (χ1v) is 5.50. The van der Waals surface area contributed by atoms with E-state index in [9.17, 15) is 0 Å². The molecule has 1 aliphatic rings. The van der Waals surface area contributed by atoms with Crippen LogP contribution < -0.4 is 0 Å². The molecule has 0 radical (unpaired) electrons. The number of hydrogen-bond donors (Lipinski definition) is 0.